The summed E-state index contributed by atoms with van der Waals surface area (Å²) in [6.07, 6.45) is 9.76. The number of nitrogens with one attached hydrogen (secondary N) is 2. The second-order valence-electron chi connectivity index (χ2n) is 6.43. The highest BCUT2D eigenvalue weighted by atomic mass is 16.3. The standard InChI is InChI=1S/C19H29N5O/c1-20-19(21-9-14-23-10-5-6-11-23)22-16-17(18-8-7-15-25-18)24-12-3-2-4-13-24/h5-8,10-11,15,17H,2-4,9,12-14,16H2,1H3,(H2,20,21,22). The predicted octanol–water partition coefficient (Wildman–Crippen LogP) is 2.47. The van der Waals surface area contributed by atoms with E-state index in [9.17, 15) is 0 Å². The van der Waals surface area contributed by atoms with Crippen molar-refractivity contribution in [1.82, 2.24) is 20.1 Å². The number of piperidine rings is 1. The molecule has 25 heavy (non-hydrogen) atoms. The average molecular weight is 343 g/mol. The molecule has 3 rings (SSSR count). The van der Waals surface area contributed by atoms with Crippen LogP contribution in [-0.2, 0) is 6.54 Å². The second kappa shape index (κ2) is 9.32. The van der Waals surface area contributed by atoms with Crippen molar-refractivity contribution in [3.8, 4) is 0 Å². The Morgan fingerprint density at radius 2 is 1.96 bits per heavy atom. The molecule has 6 nitrogen and oxygen atoms in total. The van der Waals surface area contributed by atoms with Crippen molar-refractivity contribution in [2.45, 2.75) is 31.8 Å². The van der Waals surface area contributed by atoms with Crippen molar-refractivity contribution >= 4 is 5.96 Å². The molecule has 0 radical (unpaired) electrons. The molecule has 0 saturated carbocycles. The minimum Gasteiger partial charge on any atom is -0.468 e. The Kier molecular flexibility index (Phi) is 6.56. The summed E-state index contributed by atoms with van der Waals surface area (Å²) in [7, 11) is 1.81. The third-order valence-electron chi connectivity index (χ3n) is 4.72. The maximum absolute atomic E-state index is 5.70. The molecule has 2 N–H and O–H groups in total. The molecule has 136 valence electrons. The number of guanidine groups is 1. The molecule has 0 bridgehead atoms. The molecule has 6 heteroatoms. The fourth-order valence-corrected chi connectivity index (χ4v) is 3.36. The van der Waals surface area contributed by atoms with Crippen LogP contribution in [0.1, 0.15) is 31.1 Å². The maximum Gasteiger partial charge on any atom is 0.191 e. The van der Waals surface area contributed by atoms with Gasteiger partial charge in [-0.25, -0.2) is 0 Å². The summed E-state index contributed by atoms with van der Waals surface area (Å²) in [6, 6.07) is 8.37. The van der Waals surface area contributed by atoms with Gasteiger partial charge in [-0.05, 0) is 50.2 Å². The largest absolute Gasteiger partial charge is 0.468 e. The van der Waals surface area contributed by atoms with Crippen molar-refractivity contribution in [3.05, 3.63) is 48.7 Å². The molecule has 0 aliphatic carbocycles. The molecule has 2 aromatic rings. The second-order valence-corrected chi connectivity index (χ2v) is 6.43. The van der Waals surface area contributed by atoms with Crippen LogP contribution in [0.15, 0.2) is 52.3 Å². The Labute approximate surface area is 149 Å². The van der Waals surface area contributed by atoms with Gasteiger partial charge in [0.25, 0.3) is 0 Å². The van der Waals surface area contributed by atoms with E-state index in [1.807, 2.05) is 25.2 Å². The molecule has 1 atom stereocenters. The molecule has 1 saturated heterocycles. The summed E-state index contributed by atoms with van der Waals surface area (Å²) >= 11 is 0. The monoisotopic (exact) mass is 343 g/mol. The van der Waals surface area contributed by atoms with Gasteiger partial charge in [-0.3, -0.25) is 9.89 Å². The minimum atomic E-state index is 0.248. The van der Waals surface area contributed by atoms with Crippen LogP contribution in [0.4, 0.5) is 0 Å². The summed E-state index contributed by atoms with van der Waals surface area (Å²) in [5.74, 6) is 1.86. The Balaban J connectivity index is 1.51. The van der Waals surface area contributed by atoms with Crippen molar-refractivity contribution in [1.29, 1.82) is 0 Å². The number of hydrogen-bond acceptors (Lipinski definition) is 3. The molecule has 1 unspecified atom stereocenters. The van der Waals surface area contributed by atoms with Crippen molar-refractivity contribution in [3.63, 3.8) is 0 Å². The fourth-order valence-electron chi connectivity index (χ4n) is 3.36. The van der Waals surface area contributed by atoms with Gasteiger partial charge in [-0.1, -0.05) is 6.42 Å². The summed E-state index contributed by atoms with van der Waals surface area (Å²) in [5, 5.41) is 6.84. The zero-order valence-electron chi connectivity index (χ0n) is 15.0. The van der Waals surface area contributed by atoms with E-state index in [2.05, 4.69) is 43.6 Å². The molecule has 1 fully saturated rings. The normalized spacial score (nSPS) is 17.4. The quantitative estimate of drug-likeness (QED) is 0.599. The number of aromatic nitrogens is 1. The van der Waals surface area contributed by atoms with Crippen molar-refractivity contribution < 1.29 is 4.42 Å². The average Bonchev–Trinajstić information content (AvgIpc) is 3.35. The van der Waals surface area contributed by atoms with Crippen LogP contribution < -0.4 is 10.6 Å². The van der Waals surface area contributed by atoms with Crippen LogP contribution in [-0.4, -0.2) is 48.7 Å². The van der Waals surface area contributed by atoms with Gasteiger partial charge in [0.15, 0.2) is 5.96 Å². The van der Waals surface area contributed by atoms with E-state index in [0.29, 0.717) is 0 Å². The van der Waals surface area contributed by atoms with Crippen LogP contribution in [0.25, 0.3) is 0 Å². The Morgan fingerprint density at radius 1 is 1.16 bits per heavy atom. The molecule has 1 aliphatic heterocycles. The zero-order valence-corrected chi connectivity index (χ0v) is 15.0. The van der Waals surface area contributed by atoms with Crippen molar-refractivity contribution in [2.24, 2.45) is 4.99 Å². The van der Waals surface area contributed by atoms with E-state index in [1.54, 1.807) is 6.26 Å². The van der Waals surface area contributed by atoms with E-state index in [1.165, 1.54) is 19.3 Å². The highest BCUT2D eigenvalue weighted by molar-refractivity contribution is 5.79. The summed E-state index contributed by atoms with van der Waals surface area (Å²) in [4.78, 5) is 6.86. The van der Waals surface area contributed by atoms with Crippen molar-refractivity contribution in [2.75, 3.05) is 33.2 Å². The molecule has 0 spiro atoms. The van der Waals surface area contributed by atoms with Gasteiger partial charge in [0.05, 0.1) is 12.3 Å². The van der Waals surface area contributed by atoms with E-state index in [0.717, 1.165) is 44.4 Å². The van der Waals surface area contributed by atoms with E-state index >= 15 is 0 Å². The van der Waals surface area contributed by atoms with E-state index in [4.69, 9.17) is 4.42 Å². The molecular weight excluding hydrogens is 314 g/mol. The molecule has 3 heterocycles. The lowest BCUT2D eigenvalue weighted by atomic mass is 10.1. The van der Waals surface area contributed by atoms with Gasteiger partial charge in [-0.15, -0.1) is 0 Å². The Morgan fingerprint density at radius 3 is 2.64 bits per heavy atom. The number of hydrogen-bond donors (Lipinski definition) is 2. The summed E-state index contributed by atoms with van der Waals surface area (Å²) in [6.45, 7) is 4.81. The first kappa shape index (κ1) is 17.6. The van der Waals surface area contributed by atoms with Crippen LogP contribution >= 0.6 is 0 Å². The van der Waals surface area contributed by atoms with Gasteiger partial charge in [-0.2, -0.15) is 0 Å². The lowest BCUT2D eigenvalue weighted by molar-refractivity contribution is 0.146. The number of nitrogens with zero attached hydrogens (tertiary/aromatic N) is 3. The smallest absolute Gasteiger partial charge is 0.191 e. The van der Waals surface area contributed by atoms with E-state index in [-0.39, 0.29) is 6.04 Å². The lowest BCUT2D eigenvalue weighted by Gasteiger charge is -2.33. The van der Waals surface area contributed by atoms with Gasteiger partial charge in [0.1, 0.15) is 5.76 Å². The maximum atomic E-state index is 5.70. The lowest BCUT2D eigenvalue weighted by Crippen LogP contribution is -2.45. The third-order valence-corrected chi connectivity index (χ3v) is 4.72. The topological polar surface area (TPSA) is 57.7 Å². The third kappa shape index (κ3) is 5.13. The SMILES string of the molecule is CN=C(NCCn1cccc1)NCC(c1ccco1)N1CCCCC1. The predicted molar refractivity (Wildman–Crippen MR) is 101 cm³/mol. The highest BCUT2D eigenvalue weighted by Gasteiger charge is 2.24. The fraction of sp³-hybridized carbons (Fsp3) is 0.526. The van der Waals surface area contributed by atoms with Crippen LogP contribution in [0, 0.1) is 0 Å². The first-order chi connectivity index (χ1) is 12.4. The molecule has 0 amide bonds. The Hall–Kier alpha value is -2.21. The first-order valence-corrected chi connectivity index (χ1v) is 9.19. The summed E-state index contributed by atoms with van der Waals surface area (Å²) < 4.78 is 7.85. The van der Waals surface area contributed by atoms with E-state index < -0.39 is 0 Å². The molecular formula is C19H29N5O. The number of aliphatic imine (C=N–C) groups is 1. The number of likely N-dealkylation sites (tertiary alicyclic amines) is 1. The van der Waals surface area contributed by atoms with Crippen LogP contribution in [0.3, 0.4) is 0 Å². The summed E-state index contributed by atoms with van der Waals surface area (Å²) in [5.41, 5.74) is 0. The number of rotatable bonds is 7. The number of furan rings is 1. The highest BCUT2D eigenvalue weighted by Crippen LogP contribution is 2.24. The molecule has 2 aromatic heterocycles. The van der Waals surface area contributed by atoms with Gasteiger partial charge in [0, 0.05) is 39.1 Å². The molecule has 1 aliphatic rings. The van der Waals surface area contributed by atoms with Gasteiger partial charge >= 0.3 is 0 Å². The zero-order chi connectivity index (χ0) is 17.3. The first-order valence-electron chi connectivity index (χ1n) is 9.19. The van der Waals surface area contributed by atoms with Gasteiger partial charge in [0.2, 0.25) is 0 Å². The van der Waals surface area contributed by atoms with Gasteiger partial charge < -0.3 is 19.6 Å². The molecule has 0 aromatic carbocycles. The van der Waals surface area contributed by atoms with Crippen LogP contribution in [0.2, 0.25) is 0 Å². The minimum absolute atomic E-state index is 0.248. The van der Waals surface area contributed by atoms with Crippen LogP contribution in [0.5, 0.6) is 0 Å². The Bertz CT molecular complexity index is 614.